The van der Waals surface area contributed by atoms with Gasteiger partial charge >= 0.3 is 0 Å². The number of para-hydroxylation sites is 2. The molecule has 0 saturated carbocycles. The Morgan fingerprint density at radius 3 is 2.18 bits per heavy atom. The fraction of sp³-hybridized carbons (Fsp3) is 0.0833. The molecule has 9 heteroatoms. The Labute approximate surface area is 191 Å². The van der Waals surface area contributed by atoms with Crippen LogP contribution in [0.3, 0.4) is 0 Å². The maximum absolute atomic E-state index is 13.0. The van der Waals surface area contributed by atoms with Crippen molar-refractivity contribution in [3.05, 3.63) is 107 Å². The van der Waals surface area contributed by atoms with Gasteiger partial charge in [-0.15, -0.1) is 0 Å². The SMILES string of the molecule is Cc1c(NC(=O)c2cccc(S(=O)(=O)Nc3ccccc3)c2)c(=O)n(-c2ccccc2)n1C. The van der Waals surface area contributed by atoms with Crippen molar-refractivity contribution >= 4 is 27.3 Å². The molecule has 0 aliphatic carbocycles. The number of carbonyl (C=O) groups is 1. The molecule has 0 bridgehead atoms. The molecule has 3 aromatic carbocycles. The molecule has 33 heavy (non-hydrogen) atoms. The number of rotatable bonds is 6. The Morgan fingerprint density at radius 2 is 1.52 bits per heavy atom. The van der Waals surface area contributed by atoms with E-state index in [1.54, 1.807) is 61.1 Å². The molecule has 0 radical (unpaired) electrons. The third-order valence-electron chi connectivity index (χ3n) is 5.23. The fourth-order valence-electron chi connectivity index (χ4n) is 3.42. The smallest absolute Gasteiger partial charge is 0.295 e. The van der Waals surface area contributed by atoms with E-state index in [4.69, 9.17) is 0 Å². The van der Waals surface area contributed by atoms with Crippen molar-refractivity contribution in [3.8, 4) is 5.69 Å². The van der Waals surface area contributed by atoms with Crippen molar-refractivity contribution in [3.63, 3.8) is 0 Å². The van der Waals surface area contributed by atoms with E-state index in [0.717, 1.165) is 0 Å². The summed E-state index contributed by atoms with van der Waals surface area (Å²) >= 11 is 0. The zero-order valence-electron chi connectivity index (χ0n) is 18.0. The molecule has 0 atom stereocenters. The van der Waals surface area contributed by atoms with Crippen molar-refractivity contribution in [2.24, 2.45) is 7.05 Å². The Bertz CT molecular complexity index is 1470. The quantitative estimate of drug-likeness (QED) is 0.458. The number of nitrogens with zero attached hydrogens (tertiary/aromatic N) is 2. The van der Waals surface area contributed by atoms with Gasteiger partial charge in [-0.2, -0.15) is 0 Å². The summed E-state index contributed by atoms with van der Waals surface area (Å²) in [5, 5.41) is 2.65. The zero-order chi connectivity index (χ0) is 23.6. The minimum absolute atomic E-state index is 0.0644. The van der Waals surface area contributed by atoms with Crippen LogP contribution in [0, 0.1) is 6.92 Å². The van der Waals surface area contributed by atoms with Crippen LogP contribution in [0.1, 0.15) is 16.1 Å². The summed E-state index contributed by atoms with van der Waals surface area (Å²) in [5.41, 5.74) is 1.49. The third kappa shape index (κ3) is 4.44. The standard InChI is InChI=1S/C24H22N4O4S/c1-17-22(24(30)28(27(17)2)20-13-7-4-8-14-20)25-23(29)18-10-9-15-21(16-18)33(31,32)26-19-11-5-3-6-12-19/h3-16,26H,1-2H3,(H,25,29). The van der Waals surface area contributed by atoms with Crippen molar-refractivity contribution in [1.29, 1.82) is 0 Å². The Hall–Kier alpha value is -4.11. The van der Waals surface area contributed by atoms with E-state index in [2.05, 4.69) is 10.0 Å². The van der Waals surface area contributed by atoms with E-state index in [-0.39, 0.29) is 21.7 Å². The highest BCUT2D eigenvalue weighted by molar-refractivity contribution is 7.92. The van der Waals surface area contributed by atoms with E-state index in [0.29, 0.717) is 17.1 Å². The predicted octanol–water partition coefficient (Wildman–Crippen LogP) is 3.54. The molecule has 0 saturated heterocycles. The minimum atomic E-state index is -3.90. The van der Waals surface area contributed by atoms with Gasteiger partial charge in [-0.05, 0) is 49.4 Å². The largest absolute Gasteiger partial charge is 0.316 e. The number of nitrogens with one attached hydrogen (secondary N) is 2. The number of carbonyl (C=O) groups excluding carboxylic acids is 1. The Balaban J connectivity index is 1.63. The molecule has 1 aromatic heterocycles. The lowest BCUT2D eigenvalue weighted by Crippen LogP contribution is -2.23. The summed E-state index contributed by atoms with van der Waals surface area (Å²) in [6.45, 7) is 1.72. The van der Waals surface area contributed by atoms with Crippen LogP contribution in [-0.4, -0.2) is 23.7 Å². The van der Waals surface area contributed by atoms with Crippen LogP contribution >= 0.6 is 0 Å². The number of amides is 1. The van der Waals surface area contributed by atoms with Crippen LogP contribution in [0.4, 0.5) is 11.4 Å². The van der Waals surface area contributed by atoms with Gasteiger partial charge in [0.25, 0.3) is 21.5 Å². The lowest BCUT2D eigenvalue weighted by molar-refractivity contribution is 0.102. The summed E-state index contributed by atoms with van der Waals surface area (Å²) in [6.07, 6.45) is 0. The molecular formula is C24H22N4O4S. The van der Waals surface area contributed by atoms with E-state index in [1.807, 2.05) is 18.2 Å². The van der Waals surface area contributed by atoms with E-state index in [9.17, 15) is 18.0 Å². The van der Waals surface area contributed by atoms with Crippen LogP contribution in [0.5, 0.6) is 0 Å². The molecule has 4 rings (SSSR count). The first kappa shape index (κ1) is 22.1. The Morgan fingerprint density at radius 1 is 0.879 bits per heavy atom. The molecule has 0 unspecified atom stereocenters. The lowest BCUT2D eigenvalue weighted by atomic mass is 10.2. The number of anilines is 2. The van der Waals surface area contributed by atoms with Crippen LogP contribution < -0.4 is 15.6 Å². The van der Waals surface area contributed by atoms with Gasteiger partial charge in [0.2, 0.25) is 0 Å². The predicted molar refractivity (Wildman–Crippen MR) is 127 cm³/mol. The summed E-state index contributed by atoms with van der Waals surface area (Å²) in [6, 6.07) is 23.2. The number of benzene rings is 3. The molecular weight excluding hydrogens is 440 g/mol. The lowest BCUT2D eigenvalue weighted by Gasteiger charge is -2.09. The van der Waals surface area contributed by atoms with E-state index < -0.39 is 15.9 Å². The second kappa shape index (κ2) is 8.79. The van der Waals surface area contributed by atoms with Gasteiger partial charge in [0.05, 0.1) is 16.3 Å². The van der Waals surface area contributed by atoms with Gasteiger partial charge in [0.15, 0.2) is 0 Å². The van der Waals surface area contributed by atoms with Crippen molar-refractivity contribution in [2.75, 3.05) is 10.0 Å². The molecule has 1 amide bonds. The molecule has 2 N–H and O–H groups in total. The Kier molecular flexibility index (Phi) is 5.89. The molecule has 0 aliphatic rings. The van der Waals surface area contributed by atoms with Gasteiger partial charge in [-0.1, -0.05) is 42.5 Å². The van der Waals surface area contributed by atoms with Crippen LogP contribution in [-0.2, 0) is 17.1 Å². The second-order valence-corrected chi connectivity index (χ2v) is 9.07. The summed E-state index contributed by atoms with van der Waals surface area (Å²) in [5.74, 6) is -0.585. The van der Waals surface area contributed by atoms with Crippen LogP contribution in [0.2, 0.25) is 0 Å². The summed E-state index contributed by atoms with van der Waals surface area (Å²) < 4.78 is 31.1. The molecule has 0 aliphatic heterocycles. The average molecular weight is 463 g/mol. The summed E-state index contributed by atoms with van der Waals surface area (Å²) in [4.78, 5) is 25.9. The maximum atomic E-state index is 13.0. The first-order valence-electron chi connectivity index (χ1n) is 10.1. The molecule has 168 valence electrons. The van der Waals surface area contributed by atoms with E-state index in [1.165, 1.54) is 28.9 Å². The number of aromatic nitrogens is 2. The van der Waals surface area contributed by atoms with E-state index >= 15 is 0 Å². The maximum Gasteiger partial charge on any atom is 0.295 e. The third-order valence-corrected chi connectivity index (χ3v) is 6.60. The van der Waals surface area contributed by atoms with Crippen molar-refractivity contribution in [1.82, 2.24) is 9.36 Å². The zero-order valence-corrected chi connectivity index (χ0v) is 18.8. The highest BCUT2D eigenvalue weighted by atomic mass is 32.2. The van der Waals surface area contributed by atoms with Crippen LogP contribution in [0.25, 0.3) is 5.69 Å². The van der Waals surface area contributed by atoms with Gasteiger partial charge in [0, 0.05) is 18.3 Å². The van der Waals surface area contributed by atoms with Gasteiger partial charge in [-0.3, -0.25) is 19.0 Å². The molecule has 0 spiro atoms. The van der Waals surface area contributed by atoms with Crippen LogP contribution in [0.15, 0.2) is 94.6 Å². The summed E-state index contributed by atoms with van der Waals surface area (Å²) in [7, 11) is -2.17. The minimum Gasteiger partial charge on any atom is -0.316 e. The number of hydrogen-bond acceptors (Lipinski definition) is 4. The van der Waals surface area contributed by atoms with Crippen molar-refractivity contribution < 1.29 is 13.2 Å². The molecule has 1 heterocycles. The topological polar surface area (TPSA) is 102 Å². The van der Waals surface area contributed by atoms with Gasteiger partial charge in [-0.25, -0.2) is 13.1 Å². The highest BCUT2D eigenvalue weighted by Crippen LogP contribution is 2.19. The molecule has 4 aromatic rings. The first-order chi connectivity index (χ1) is 15.8. The van der Waals surface area contributed by atoms with Crippen molar-refractivity contribution in [2.45, 2.75) is 11.8 Å². The fourth-order valence-corrected chi connectivity index (χ4v) is 4.53. The number of hydrogen-bond donors (Lipinski definition) is 2. The average Bonchev–Trinajstić information content (AvgIpc) is 3.03. The highest BCUT2D eigenvalue weighted by Gasteiger charge is 2.20. The van der Waals surface area contributed by atoms with Gasteiger partial charge < -0.3 is 5.32 Å². The first-order valence-corrected chi connectivity index (χ1v) is 11.6. The number of sulfonamides is 1. The molecule has 8 nitrogen and oxygen atoms in total. The normalized spacial score (nSPS) is 11.2. The second-order valence-electron chi connectivity index (χ2n) is 7.39. The molecule has 0 fully saturated rings. The van der Waals surface area contributed by atoms with Gasteiger partial charge in [0.1, 0.15) is 5.69 Å². The monoisotopic (exact) mass is 462 g/mol.